The zero-order valence-corrected chi connectivity index (χ0v) is 18.1. The Kier molecular flexibility index (Phi) is 7.62. The summed E-state index contributed by atoms with van der Waals surface area (Å²) in [5.74, 6) is 0.335. The van der Waals surface area contributed by atoms with Gasteiger partial charge in [-0.2, -0.15) is 0 Å². The number of hydrogen-bond donors (Lipinski definition) is 0. The normalized spacial score (nSPS) is 14.3. The average Bonchev–Trinajstić information content (AvgIpc) is 2.40. The SMILES string of the molecule is CN(C)CCC(CO[Si](C)(C)C(C)(C)C)c1ccc(Cl)c(Cl)c1. The fourth-order valence-electron chi connectivity index (χ4n) is 2.05. The summed E-state index contributed by atoms with van der Waals surface area (Å²) in [6.07, 6.45) is 1.04. The van der Waals surface area contributed by atoms with E-state index in [1.54, 1.807) is 0 Å². The first kappa shape index (κ1) is 21.0. The van der Waals surface area contributed by atoms with Crippen LogP contribution in [0.4, 0.5) is 0 Å². The van der Waals surface area contributed by atoms with Gasteiger partial charge in [0, 0.05) is 12.5 Å². The molecule has 5 heteroatoms. The van der Waals surface area contributed by atoms with Gasteiger partial charge in [0.1, 0.15) is 0 Å². The zero-order chi connectivity index (χ0) is 17.8. The van der Waals surface area contributed by atoms with Gasteiger partial charge < -0.3 is 9.33 Å². The van der Waals surface area contributed by atoms with Crippen molar-refractivity contribution in [2.45, 2.75) is 51.2 Å². The molecule has 1 atom stereocenters. The molecule has 2 nitrogen and oxygen atoms in total. The second-order valence-corrected chi connectivity index (χ2v) is 13.7. The molecule has 23 heavy (non-hydrogen) atoms. The van der Waals surface area contributed by atoms with E-state index in [-0.39, 0.29) is 5.04 Å². The quantitative estimate of drug-likeness (QED) is 0.537. The first-order chi connectivity index (χ1) is 10.4. The molecule has 0 bridgehead atoms. The number of hydrogen-bond acceptors (Lipinski definition) is 2. The van der Waals surface area contributed by atoms with Crippen molar-refractivity contribution in [3.63, 3.8) is 0 Å². The van der Waals surface area contributed by atoms with Crippen molar-refractivity contribution in [2.75, 3.05) is 27.2 Å². The van der Waals surface area contributed by atoms with Crippen LogP contribution in [0.5, 0.6) is 0 Å². The molecule has 132 valence electrons. The number of rotatable bonds is 7. The zero-order valence-electron chi connectivity index (χ0n) is 15.5. The van der Waals surface area contributed by atoms with Crippen LogP contribution >= 0.6 is 23.2 Å². The number of halogens is 2. The Hall–Kier alpha value is -0.0631. The minimum absolute atomic E-state index is 0.219. The molecule has 0 aliphatic heterocycles. The summed E-state index contributed by atoms with van der Waals surface area (Å²) in [5, 5.41) is 1.44. The van der Waals surface area contributed by atoms with Crippen molar-refractivity contribution in [1.29, 1.82) is 0 Å². The van der Waals surface area contributed by atoms with E-state index in [2.05, 4.69) is 58.9 Å². The molecule has 1 aromatic rings. The third-order valence-corrected chi connectivity index (χ3v) is 10.0. The van der Waals surface area contributed by atoms with Gasteiger partial charge in [-0.1, -0.05) is 50.0 Å². The summed E-state index contributed by atoms with van der Waals surface area (Å²) in [5.41, 5.74) is 1.21. The maximum atomic E-state index is 6.46. The predicted octanol–water partition coefficient (Wildman–Crippen LogP) is 6.05. The lowest BCUT2D eigenvalue weighted by Gasteiger charge is -2.37. The van der Waals surface area contributed by atoms with E-state index < -0.39 is 8.32 Å². The van der Waals surface area contributed by atoms with Crippen LogP contribution in [-0.4, -0.2) is 40.5 Å². The van der Waals surface area contributed by atoms with E-state index in [9.17, 15) is 0 Å². The van der Waals surface area contributed by atoms with E-state index in [0.29, 0.717) is 16.0 Å². The van der Waals surface area contributed by atoms with Gasteiger partial charge in [0.15, 0.2) is 8.32 Å². The molecule has 0 spiro atoms. The van der Waals surface area contributed by atoms with E-state index in [4.69, 9.17) is 27.6 Å². The van der Waals surface area contributed by atoms with Crippen LogP contribution in [0.25, 0.3) is 0 Å². The monoisotopic (exact) mass is 375 g/mol. The lowest BCUT2D eigenvalue weighted by molar-refractivity contribution is 0.246. The summed E-state index contributed by atoms with van der Waals surface area (Å²) in [6.45, 7) is 13.2. The average molecular weight is 376 g/mol. The summed E-state index contributed by atoms with van der Waals surface area (Å²) in [4.78, 5) is 2.21. The second-order valence-electron chi connectivity index (χ2n) is 8.03. The molecule has 0 saturated carbocycles. The van der Waals surface area contributed by atoms with Crippen molar-refractivity contribution < 1.29 is 4.43 Å². The fourth-order valence-corrected chi connectivity index (χ4v) is 3.41. The lowest BCUT2D eigenvalue weighted by Crippen LogP contribution is -2.41. The molecule has 1 unspecified atom stereocenters. The Balaban J connectivity index is 2.90. The maximum Gasteiger partial charge on any atom is 0.192 e. The van der Waals surface area contributed by atoms with Crippen LogP contribution in [0.2, 0.25) is 28.2 Å². The Morgan fingerprint density at radius 3 is 2.22 bits per heavy atom. The third kappa shape index (κ3) is 6.39. The minimum atomic E-state index is -1.75. The van der Waals surface area contributed by atoms with Crippen molar-refractivity contribution in [3.05, 3.63) is 33.8 Å². The van der Waals surface area contributed by atoms with Crippen LogP contribution in [0.1, 0.15) is 38.7 Å². The largest absolute Gasteiger partial charge is 0.416 e. The molecule has 1 aromatic carbocycles. The van der Waals surface area contributed by atoms with Gasteiger partial charge in [0.05, 0.1) is 10.0 Å². The first-order valence-corrected chi connectivity index (χ1v) is 11.8. The van der Waals surface area contributed by atoms with Crippen molar-refractivity contribution in [2.24, 2.45) is 0 Å². The first-order valence-electron chi connectivity index (χ1n) is 8.17. The van der Waals surface area contributed by atoms with Gasteiger partial charge in [0.25, 0.3) is 0 Å². The summed E-state index contributed by atoms with van der Waals surface area (Å²) in [6, 6.07) is 5.94. The van der Waals surface area contributed by atoms with Gasteiger partial charge in [-0.25, -0.2) is 0 Å². The second kappa shape index (κ2) is 8.35. The van der Waals surface area contributed by atoms with Gasteiger partial charge in [-0.05, 0) is 62.9 Å². The standard InChI is InChI=1S/C18H31Cl2NOSi/c1-18(2,3)23(6,7)22-13-15(10-11-21(4)5)14-8-9-16(19)17(20)12-14/h8-9,12,15H,10-11,13H2,1-7H3. The van der Waals surface area contributed by atoms with Crippen molar-refractivity contribution >= 4 is 31.5 Å². The van der Waals surface area contributed by atoms with Crippen molar-refractivity contribution in [3.8, 4) is 0 Å². The summed E-state index contributed by atoms with van der Waals surface area (Å²) in [7, 11) is 2.44. The lowest BCUT2D eigenvalue weighted by atomic mass is 9.96. The molecule has 0 amide bonds. The smallest absolute Gasteiger partial charge is 0.192 e. The molecular formula is C18H31Cl2NOSi. The van der Waals surface area contributed by atoms with Crippen molar-refractivity contribution in [1.82, 2.24) is 4.90 Å². The molecule has 0 aliphatic carbocycles. The van der Waals surface area contributed by atoms with Crippen LogP contribution in [0.3, 0.4) is 0 Å². The fraction of sp³-hybridized carbons (Fsp3) is 0.667. The molecule has 1 rings (SSSR count). The predicted molar refractivity (Wildman–Crippen MR) is 106 cm³/mol. The maximum absolute atomic E-state index is 6.46. The minimum Gasteiger partial charge on any atom is -0.416 e. The van der Waals surface area contributed by atoms with Crippen LogP contribution in [-0.2, 0) is 4.43 Å². The highest BCUT2D eigenvalue weighted by atomic mass is 35.5. The van der Waals surface area contributed by atoms with Crippen LogP contribution < -0.4 is 0 Å². The molecule has 0 radical (unpaired) electrons. The highest BCUT2D eigenvalue weighted by molar-refractivity contribution is 6.74. The number of benzene rings is 1. The van der Waals surface area contributed by atoms with Gasteiger partial charge in [-0.3, -0.25) is 0 Å². The van der Waals surface area contributed by atoms with Gasteiger partial charge in [0.2, 0.25) is 0 Å². The van der Waals surface area contributed by atoms with E-state index >= 15 is 0 Å². The van der Waals surface area contributed by atoms with Gasteiger partial charge in [-0.15, -0.1) is 0 Å². The number of nitrogens with zero attached hydrogens (tertiary/aromatic N) is 1. The summed E-state index contributed by atoms with van der Waals surface area (Å²) >= 11 is 12.3. The summed E-state index contributed by atoms with van der Waals surface area (Å²) < 4.78 is 6.46. The molecule has 0 fully saturated rings. The Morgan fingerprint density at radius 1 is 1.13 bits per heavy atom. The van der Waals surface area contributed by atoms with E-state index in [1.165, 1.54) is 5.56 Å². The Bertz CT molecular complexity index is 512. The third-order valence-electron chi connectivity index (χ3n) is 4.79. The molecule has 0 N–H and O–H groups in total. The highest BCUT2D eigenvalue weighted by Gasteiger charge is 2.37. The van der Waals surface area contributed by atoms with E-state index in [0.717, 1.165) is 19.6 Å². The molecular weight excluding hydrogens is 345 g/mol. The highest BCUT2D eigenvalue weighted by Crippen LogP contribution is 2.38. The van der Waals surface area contributed by atoms with E-state index in [1.807, 2.05) is 12.1 Å². The molecule has 0 saturated heterocycles. The topological polar surface area (TPSA) is 12.5 Å². The van der Waals surface area contributed by atoms with Crippen LogP contribution in [0, 0.1) is 0 Å². The molecule has 0 heterocycles. The Morgan fingerprint density at radius 2 is 1.74 bits per heavy atom. The Labute approximate surface area is 153 Å². The molecule has 0 aliphatic rings. The van der Waals surface area contributed by atoms with Gasteiger partial charge >= 0.3 is 0 Å². The molecule has 0 aromatic heterocycles. The van der Waals surface area contributed by atoms with Crippen LogP contribution in [0.15, 0.2) is 18.2 Å².